The minimum Gasteiger partial charge on any atom is -0.374 e. The molecule has 2 aromatic rings. The van der Waals surface area contributed by atoms with Crippen LogP contribution in [0.25, 0.3) is 0 Å². The Bertz CT molecular complexity index is 733. The number of aryl methyl sites for hydroxylation is 1. The van der Waals surface area contributed by atoms with E-state index in [4.69, 9.17) is 4.74 Å². The molecule has 134 valence electrons. The first kappa shape index (κ1) is 17.8. The van der Waals surface area contributed by atoms with E-state index in [1.165, 1.54) is 4.88 Å². The highest BCUT2D eigenvalue weighted by molar-refractivity contribution is 7.10. The normalized spacial score (nSPS) is 15.4. The topological polar surface area (TPSA) is 67.3 Å². The lowest BCUT2D eigenvalue weighted by Gasteiger charge is -2.18. The van der Waals surface area contributed by atoms with Gasteiger partial charge >= 0.3 is 0 Å². The molecule has 3 rings (SSSR count). The molecule has 1 aliphatic rings. The molecule has 2 aromatic heterocycles. The van der Waals surface area contributed by atoms with Gasteiger partial charge in [-0.1, -0.05) is 6.07 Å². The number of hydrogen-bond donors (Lipinski definition) is 1. The fourth-order valence-corrected chi connectivity index (χ4v) is 3.95. The number of fused-ring (bicyclic) bond motifs is 1. The van der Waals surface area contributed by atoms with Gasteiger partial charge in [0.15, 0.2) is 0 Å². The van der Waals surface area contributed by atoms with Gasteiger partial charge in [0, 0.05) is 50.5 Å². The second-order valence-electron chi connectivity index (χ2n) is 6.17. The summed E-state index contributed by atoms with van der Waals surface area (Å²) >= 11 is 1.69. The van der Waals surface area contributed by atoms with Gasteiger partial charge in [-0.15, -0.1) is 11.3 Å². The average Bonchev–Trinajstić information content (AvgIpc) is 3.02. The quantitative estimate of drug-likeness (QED) is 0.888. The molecule has 0 aliphatic carbocycles. The van der Waals surface area contributed by atoms with Gasteiger partial charge in [-0.2, -0.15) is 0 Å². The SMILES string of the molecule is COC(CNc1nc(C)nc2c1CCN(C(C)=O)CC2)c1cccs1. The Balaban J connectivity index is 1.78. The zero-order valence-corrected chi connectivity index (χ0v) is 15.7. The molecule has 25 heavy (non-hydrogen) atoms. The van der Waals surface area contributed by atoms with Crippen LogP contribution in [0.4, 0.5) is 5.82 Å². The van der Waals surface area contributed by atoms with Gasteiger partial charge in [-0.25, -0.2) is 9.97 Å². The maximum atomic E-state index is 11.7. The highest BCUT2D eigenvalue weighted by Gasteiger charge is 2.21. The third kappa shape index (κ3) is 4.16. The highest BCUT2D eigenvalue weighted by Crippen LogP contribution is 2.25. The molecule has 0 bridgehead atoms. The monoisotopic (exact) mass is 360 g/mol. The molecule has 0 fully saturated rings. The molecule has 0 saturated carbocycles. The molecule has 1 amide bonds. The zero-order valence-electron chi connectivity index (χ0n) is 14.9. The van der Waals surface area contributed by atoms with Crippen molar-refractivity contribution < 1.29 is 9.53 Å². The number of methoxy groups -OCH3 is 1. The summed E-state index contributed by atoms with van der Waals surface area (Å²) in [7, 11) is 1.72. The van der Waals surface area contributed by atoms with Crippen LogP contribution in [0.1, 0.15) is 35.0 Å². The van der Waals surface area contributed by atoms with E-state index < -0.39 is 0 Å². The Hall–Kier alpha value is -1.99. The highest BCUT2D eigenvalue weighted by atomic mass is 32.1. The van der Waals surface area contributed by atoms with Crippen molar-refractivity contribution in [2.45, 2.75) is 32.8 Å². The molecule has 7 heteroatoms. The summed E-state index contributed by atoms with van der Waals surface area (Å²) in [6, 6.07) is 4.11. The smallest absolute Gasteiger partial charge is 0.219 e. The Morgan fingerprint density at radius 1 is 1.40 bits per heavy atom. The fourth-order valence-electron chi connectivity index (χ4n) is 3.15. The van der Waals surface area contributed by atoms with Gasteiger partial charge < -0.3 is 15.0 Å². The zero-order chi connectivity index (χ0) is 17.8. The Morgan fingerprint density at radius 3 is 2.88 bits per heavy atom. The first-order valence-corrected chi connectivity index (χ1v) is 9.38. The predicted octanol–water partition coefficient (Wildman–Crippen LogP) is 2.59. The van der Waals surface area contributed by atoms with Gasteiger partial charge in [0.25, 0.3) is 0 Å². The van der Waals surface area contributed by atoms with Crippen LogP contribution >= 0.6 is 11.3 Å². The van der Waals surface area contributed by atoms with Crippen LogP contribution in [0.5, 0.6) is 0 Å². The number of rotatable bonds is 5. The number of amides is 1. The van der Waals surface area contributed by atoms with Crippen LogP contribution in [0, 0.1) is 6.92 Å². The molecule has 1 aliphatic heterocycles. The first-order valence-electron chi connectivity index (χ1n) is 8.50. The largest absolute Gasteiger partial charge is 0.374 e. The summed E-state index contributed by atoms with van der Waals surface area (Å²) in [4.78, 5) is 24.0. The molecule has 0 spiro atoms. The van der Waals surface area contributed by atoms with Crippen molar-refractivity contribution in [1.82, 2.24) is 14.9 Å². The Kier molecular flexibility index (Phi) is 5.65. The summed E-state index contributed by atoms with van der Waals surface area (Å²) in [6.07, 6.45) is 1.53. The summed E-state index contributed by atoms with van der Waals surface area (Å²) in [5.41, 5.74) is 2.17. The van der Waals surface area contributed by atoms with E-state index in [1.807, 2.05) is 17.9 Å². The second-order valence-corrected chi connectivity index (χ2v) is 7.15. The summed E-state index contributed by atoms with van der Waals surface area (Å²) in [5.74, 6) is 1.73. The number of nitrogens with one attached hydrogen (secondary N) is 1. The minimum atomic E-state index is -0.00887. The maximum absolute atomic E-state index is 11.7. The standard InChI is InChI=1S/C18H24N4O2S/c1-12-20-15-7-9-22(13(2)23)8-6-14(15)18(21-12)19-11-16(24-3)17-5-4-10-25-17/h4-5,10,16H,6-9,11H2,1-3H3,(H,19,20,21). The first-order chi connectivity index (χ1) is 12.1. The molecule has 0 radical (unpaired) electrons. The van der Waals surface area contributed by atoms with Gasteiger partial charge in [0.1, 0.15) is 17.7 Å². The number of aromatic nitrogens is 2. The summed E-state index contributed by atoms with van der Waals surface area (Å²) in [6.45, 7) is 5.61. The maximum Gasteiger partial charge on any atom is 0.219 e. The Labute approximate surface area is 152 Å². The molecule has 3 heterocycles. The molecule has 0 aromatic carbocycles. The molecule has 0 saturated heterocycles. The van der Waals surface area contributed by atoms with Crippen LogP contribution in [0.15, 0.2) is 17.5 Å². The van der Waals surface area contributed by atoms with E-state index in [0.717, 1.165) is 35.7 Å². The molecule has 1 atom stereocenters. The average molecular weight is 360 g/mol. The van der Waals surface area contributed by atoms with E-state index in [0.29, 0.717) is 19.6 Å². The third-order valence-electron chi connectivity index (χ3n) is 4.50. The molecule has 1 N–H and O–H groups in total. The number of nitrogens with zero attached hydrogens (tertiary/aromatic N) is 3. The van der Waals surface area contributed by atoms with Crippen LogP contribution in [-0.2, 0) is 22.4 Å². The predicted molar refractivity (Wildman–Crippen MR) is 99.0 cm³/mol. The Morgan fingerprint density at radius 2 is 2.20 bits per heavy atom. The molecule has 6 nitrogen and oxygen atoms in total. The number of carbonyl (C=O) groups is 1. The lowest BCUT2D eigenvalue weighted by atomic mass is 10.1. The molecule has 1 unspecified atom stereocenters. The van der Waals surface area contributed by atoms with Crippen molar-refractivity contribution >= 4 is 23.1 Å². The number of thiophene rings is 1. The van der Waals surface area contributed by atoms with Crippen LogP contribution in [0.2, 0.25) is 0 Å². The van der Waals surface area contributed by atoms with Crippen LogP contribution in [-0.4, -0.2) is 47.5 Å². The third-order valence-corrected chi connectivity index (χ3v) is 5.46. The molecular formula is C18H24N4O2S. The van der Waals surface area contributed by atoms with Gasteiger partial charge in [-0.3, -0.25) is 4.79 Å². The summed E-state index contributed by atoms with van der Waals surface area (Å²) < 4.78 is 5.62. The van der Waals surface area contributed by atoms with Gasteiger partial charge in [0.2, 0.25) is 5.91 Å². The van der Waals surface area contributed by atoms with Crippen LogP contribution in [0.3, 0.4) is 0 Å². The van der Waals surface area contributed by atoms with Crippen molar-refractivity contribution in [3.05, 3.63) is 39.5 Å². The van der Waals surface area contributed by atoms with E-state index in [9.17, 15) is 4.79 Å². The van der Waals surface area contributed by atoms with E-state index in [2.05, 4.69) is 26.7 Å². The summed E-state index contributed by atoms with van der Waals surface area (Å²) in [5, 5.41) is 5.51. The van der Waals surface area contributed by atoms with Crippen molar-refractivity contribution in [3.8, 4) is 0 Å². The van der Waals surface area contributed by atoms with E-state index in [-0.39, 0.29) is 12.0 Å². The lowest BCUT2D eigenvalue weighted by molar-refractivity contribution is -0.128. The minimum absolute atomic E-state index is 0.00887. The number of ether oxygens (including phenoxy) is 1. The fraction of sp³-hybridized carbons (Fsp3) is 0.500. The second kappa shape index (κ2) is 7.93. The lowest BCUT2D eigenvalue weighted by Crippen LogP contribution is -2.31. The number of carbonyl (C=O) groups excluding carboxylic acids is 1. The van der Waals surface area contributed by atoms with E-state index >= 15 is 0 Å². The van der Waals surface area contributed by atoms with Crippen LogP contribution < -0.4 is 5.32 Å². The van der Waals surface area contributed by atoms with Crippen molar-refractivity contribution in [3.63, 3.8) is 0 Å². The number of hydrogen-bond acceptors (Lipinski definition) is 6. The van der Waals surface area contributed by atoms with Gasteiger partial charge in [-0.05, 0) is 24.8 Å². The van der Waals surface area contributed by atoms with Crippen molar-refractivity contribution in [1.29, 1.82) is 0 Å². The van der Waals surface area contributed by atoms with Crippen molar-refractivity contribution in [2.75, 3.05) is 32.1 Å². The van der Waals surface area contributed by atoms with E-state index in [1.54, 1.807) is 25.4 Å². The van der Waals surface area contributed by atoms with Crippen molar-refractivity contribution in [2.24, 2.45) is 0 Å². The van der Waals surface area contributed by atoms with Gasteiger partial charge in [0.05, 0.1) is 5.69 Å². The number of anilines is 1. The molecular weight excluding hydrogens is 336 g/mol.